The van der Waals surface area contributed by atoms with Crippen molar-refractivity contribution in [1.82, 2.24) is 9.78 Å². The minimum Gasteiger partial charge on any atom is -0.303 e. The largest absolute Gasteiger partial charge is 0.303 e. The molecule has 0 bridgehead atoms. The van der Waals surface area contributed by atoms with Crippen molar-refractivity contribution in [3.05, 3.63) is 30.1 Å². The summed E-state index contributed by atoms with van der Waals surface area (Å²) in [7, 11) is 1.98. The van der Waals surface area contributed by atoms with Gasteiger partial charge in [0.1, 0.15) is 6.29 Å². The Morgan fingerprint density at radius 2 is 2.47 bits per heavy atom. The number of rotatable bonds is 6. The number of carbonyl (C=O) groups is 1. The number of carbonyl (C=O) groups excluding carboxylic acids is 1. The Morgan fingerprint density at radius 3 is 3.12 bits per heavy atom. The molecule has 0 spiro atoms. The van der Waals surface area contributed by atoms with Gasteiger partial charge in [-0.3, -0.25) is 4.68 Å². The summed E-state index contributed by atoms with van der Waals surface area (Å²) in [5.41, 5.74) is 2.58. The first-order valence-corrected chi connectivity index (χ1v) is 6.24. The van der Waals surface area contributed by atoms with Crippen LogP contribution >= 0.6 is 0 Å². The molecule has 0 saturated heterocycles. The molecule has 3 nitrogen and oxygen atoms in total. The van der Waals surface area contributed by atoms with Crippen LogP contribution in [0.4, 0.5) is 0 Å². The van der Waals surface area contributed by atoms with E-state index in [0.29, 0.717) is 24.2 Å². The second kappa shape index (κ2) is 4.86. The van der Waals surface area contributed by atoms with Crippen molar-refractivity contribution in [2.75, 3.05) is 0 Å². The van der Waals surface area contributed by atoms with Crippen LogP contribution in [0.3, 0.4) is 0 Å². The van der Waals surface area contributed by atoms with Gasteiger partial charge in [0.25, 0.3) is 0 Å². The number of aryl methyl sites for hydroxylation is 1. The lowest BCUT2D eigenvalue weighted by Gasteiger charge is -2.11. The van der Waals surface area contributed by atoms with Gasteiger partial charge >= 0.3 is 0 Å². The zero-order chi connectivity index (χ0) is 12.4. The number of hydrogen-bond acceptors (Lipinski definition) is 2. The highest BCUT2D eigenvalue weighted by Gasteiger charge is 2.41. The lowest BCUT2D eigenvalue weighted by atomic mass is 9.94. The van der Waals surface area contributed by atoms with Crippen molar-refractivity contribution < 1.29 is 4.79 Å². The van der Waals surface area contributed by atoms with Crippen LogP contribution in [0, 0.1) is 11.8 Å². The molecule has 1 aromatic heterocycles. The van der Waals surface area contributed by atoms with Gasteiger partial charge in [-0.05, 0) is 29.7 Å². The second-order valence-electron chi connectivity index (χ2n) is 5.01. The first-order valence-electron chi connectivity index (χ1n) is 6.24. The zero-order valence-corrected chi connectivity index (χ0v) is 10.6. The van der Waals surface area contributed by atoms with E-state index in [2.05, 4.69) is 18.6 Å². The SMILES string of the molecule is C=CCc1c([C@H](C)C2CC2CC=O)cnn1C. The lowest BCUT2D eigenvalue weighted by molar-refractivity contribution is -0.108. The molecule has 0 amide bonds. The van der Waals surface area contributed by atoms with Crippen LogP contribution in [-0.4, -0.2) is 16.1 Å². The quantitative estimate of drug-likeness (QED) is 0.558. The summed E-state index contributed by atoms with van der Waals surface area (Å²) in [5, 5.41) is 4.34. The summed E-state index contributed by atoms with van der Waals surface area (Å²) in [6, 6.07) is 0. The minimum atomic E-state index is 0.503. The average Bonchev–Trinajstić information content (AvgIpc) is 2.98. The van der Waals surface area contributed by atoms with Crippen molar-refractivity contribution in [3.63, 3.8) is 0 Å². The average molecular weight is 232 g/mol. The molecule has 1 aliphatic carbocycles. The third-order valence-electron chi connectivity index (χ3n) is 3.94. The van der Waals surface area contributed by atoms with Crippen molar-refractivity contribution in [3.8, 4) is 0 Å². The fourth-order valence-electron chi connectivity index (χ4n) is 2.76. The molecule has 1 aliphatic rings. The summed E-state index contributed by atoms with van der Waals surface area (Å²) in [6.45, 7) is 6.04. The monoisotopic (exact) mass is 232 g/mol. The van der Waals surface area contributed by atoms with E-state index in [1.165, 1.54) is 17.7 Å². The van der Waals surface area contributed by atoms with E-state index in [-0.39, 0.29) is 0 Å². The smallest absolute Gasteiger partial charge is 0.120 e. The molecule has 0 N–H and O–H groups in total. The lowest BCUT2D eigenvalue weighted by Crippen LogP contribution is -2.04. The normalized spacial score (nSPS) is 24.4. The van der Waals surface area contributed by atoms with Crippen LogP contribution in [0.2, 0.25) is 0 Å². The van der Waals surface area contributed by atoms with Gasteiger partial charge in [-0.25, -0.2) is 0 Å². The van der Waals surface area contributed by atoms with Gasteiger partial charge < -0.3 is 4.79 Å². The molecule has 0 aromatic carbocycles. The predicted octanol–water partition coefficient (Wildman–Crippen LogP) is 2.48. The molecule has 2 unspecified atom stereocenters. The molecule has 3 heteroatoms. The van der Waals surface area contributed by atoms with E-state index in [4.69, 9.17) is 0 Å². The molecule has 0 aliphatic heterocycles. The van der Waals surface area contributed by atoms with Crippen molar-refractivity contribution >= 4 is 6.29 Å². The topological polar surface area (TPSA) is 34.9 Å². The van der Waals surface area contributed by atoms with E-state index in [0.717, 1.165) is 12.7 Å². The maximum absolute atomic E-state index is 10.5. The Morgan fingerprint density at radius 1 is 1.71 bits per heavy atom. The van der Waals surface area contributed by atoms with Crippen LogP contribution < -0.4 is 0 Å². The van der Waals surface area contributed by atoms with E-state index >= 15 is 0 Å². The summed E-state index contributed by atoms with van der Waals surface area (Å²) >= 11 is 0. The Hall–Kier alpha value is -1.38. The number of aromatic nitrogens is 2. The van der Waals surface area contributed by atoms with Gasteiger partial charge in [0, 0.05) is 25.6 Å². The summed E-state index contributed by atoms with van der Waals surface area (Å²) in [6.07, 6.45) is 7.70. The molecule has 0 radical (unpaired) electrons. The molecule has 92 valence electrons. The fraction of sp³-hybridized carbons (Fsp3) is 0.571. The molecule has 2 rings (SSSR count). The van der Waals surface area contributed by atoms with Crippen LogP contribution in [0.5, 0.6) is 0 Å². The Labute approximate surface area is 103 Å². The highest BCUT2D eigenvalue weighted by molar-refractivity contribution is 5.50. The number of allylic oxidation sites excluding steroid dienone is 1. The van der Waals surface area contributed by atoms with Crippen molar-refractivity contribution in [1.29, 1.82) is 0 Å². The van der Waals surface area contributed by atoms with Crippen LogP contribution in [-0.2, 0) is 18.3 Å². The van der Waals surface area contributed by atoms with Gasteiger partial charge in [-0.2, -0.15) is 5.10 Å². The second-order valence-corrected chi connectivity index (χ2v) is 5.01. The van der Waals surface area contributed by atoms with Gasteiger partial charge in [-0.1, -0.05) is 13.0 Å². The van der Waals surface area contributed by atoms with E-state index in [1.807, 2.05) is 24.0 Å². The molecule has 1 saturated carbocycles. The standard InChI is InChI=1S/C14H20N2O/c1-4-5-14-13(9-15-16(14)3)10(2)12-8-11(12)6-7-17/h4,7,9-12H,1,5-6,8H2,2-3H3/t10-,11?,12?/m1/s1. The molecule has 1 aromatic rings. The minimum absolute atomic E-state index is 0.503. The first-order chi connectivity index (χ1) is 8.19. The number of hydrogen-bond donors (Lipinski definition) is 0. The van der Waals surface area contributed by atoms with Crippen molar-refractivity contribution in [2.45, 2.75) is 32.1 Å². The van der Waals surface area contributed by atoms with Gasteiger partial charge in [-0.15, -0.1) is 6.58 Å². The summed E-state index contributed by atoms with van der Waals surface area (Å²) in [4.78, 5) is 10.5. The Balaban J connectivity index is 2.12. The number of aldehydes is 1. The molecule has 1 fully saturated rings. The maximum Gasteiger partial charge on any atom is 0.120 e. The fourth-order valence-corrected chi connectivity index (χ4v) is 2.76. The van der Waals surface area contributed by atoms with Gasteiger partial charge in [0.15, 0.2) is 0 Å². The molecular formula is C14H20N2O. The van der Waals surface area contributed by atoms with Crippen LogP contribution in [0.25, 0.3) is 0 Å². The third kappa shape index (κ3) is 2.33. The molecule has 17 heavy (non-hydrogen) atoms. The van der Waals surface area contributed by atoms with Crippen LogP contribution in [0.15, 0.2) is 18.9 Å². The third-order valence-corrected chi connectivity index (χ3v) is 3.94. The maximum atomic E-state index is 10.5. The summed E-state index contributed by atoms with van der Waals surface area (Å²) in [5.74, 6) is 1.76. The van der Waals surface area contributed by atoms with Crippen molar-refractivity contribution in [2.24, 2.45) is 18.9 Å². The zero-order valence-electron chi connectivity index (χ0n) is 10.6. The highest BCUT2D eigenvalue weighted by atomic mass is 16.1. The Kier molecular flexibility index (Phi) is 3.46. The Bertz CT molecular complexity index is 422. The summed E-state index contributed by atoms with van der Waals surface area (Å²) < 4.78 is 1.94. The predicted molar refractivity (Wildman–Crippen MR) is 67.8 cm³/mol. The van der Waals surface area contributed by atoms with Gasteiger partial charge in [0.2, 0.25) is 0 Å². The molecule has 1 heterocycles. The molecule has 3 atom stereocenters. The molecular weight excluding hydrogens is 212 g/mol. The highest BCUT2D eigenvalue weighted by Crippen LogP contribution is 2.50. The van der Waals surface area contributed by atoms with E-state index in [1.54, 1.807) is 0 Å². The van der Waals surface area contributed by atoms with E-state index < -0.39 is 0 Å². The first kappa shape index (κ1) is 12.1. The van der Waals surface area contributed by atoms with Gasteiger partial charge in [0.05, 0.1) is 6.20 Å². The van der Waals surface area contributed by atoms with Crippen LogP contribution in [0.1, 0.15) is 36.9 Å². The van der Waals surface area contributed by atoms with E-state index in [9.17, 15) is 4.79 Å². The number of nitrogens with zero attached hydrogens (tertiary/aromatic N) is 2.